The van der Waals surface area contributed by atoms with Crippen LogP contribution < -0.4 is 4.74 Å². The lowest BCUT2D eigenvalue weighted by molar-refractivity contribution is 0.415. The minimum atomic E-state index is 0.901. The van der Waals surface area contributed by atoms with Crippen molar-refractivity contribution in [3.63, 3.8) is 0 Å². The van der Waals surface area contributed by atoms with Crippen LogP contribution in [0.4, 0.5) is 0 Å². The highest BCUT2D eigenvalue weighted by Crippen LogP contribution is 2.12. The van der Waals surface area contributed by atoms with Crippen LogP contribution in [0.1, 0.15) is 25.3 Å². The van der Waals surface area contributed by atoms with Gasteiger partial charge in [0.15, 0.2) is 0 Å². The summed E-state index contributed by atoms with van der Waals surface area (Å²) in [5.41, 5.74) is 1.21. The first-order valence-corrected chi connectivity index (χ1v) is 5.32. The maximum absolute atomic E-state index is 5.09. The SMILES string of the molecule is CC/C=C\CC=Cc1ccc(OC)cc1. The third-order valence-electron chi connectivity index (χ3n) is 2.10. The molecule has 0 N–H and O–H groups in total. The molecule has 15 heavy (non-hydrogen) atoms. The Bertz CT molecular complexity index is 320. The van der Waals surface area contributed by atoms with E-state index in [-0.39, 0.29) is 0 Å². The number of hydrogen-bond donors (Lipinski definition) is 0. The minimum absolute atomic E-state index is 0.901. The van der Waals surface area contributed by atoms with Gasteiger partial charge in [-0.15, -0.1) is 0 Å². The third kappa shape index (κ3) is 4.50. The van der Waals surface area contributed by atoms with E-state index in [1.54, 1.807) is 7.11 Å². The van der Waals surface area contributed by atoms with Gasteiger partial charge in [0, 0.05) is 0 Å². The molecule has 1 rings (SSSR count). The summed E-state index contributed by atoms with van der Waals surface area (Å²) in [5, 5.41) is 0. The zero-order valence-corrected chi connectivity index (χ0v) is 9.44. The number of methoxy groups -OCH3 is 1. The number of benzene rings is 1. The Morgan fingerprint density at radius 1 is 1.07 bits per heavy atom. The molecule has 0 aliphatic rings. The molecule has 1 aromatic carbocycles. The topological polar surface area (TPSA) is 9.23 Å². The van der Waals surface area contributed by atoms with Crippen LogP contribution >= 0.6 is 0 Å². The molecule has 0 aliphatic carbocycles. The molecule has 1 nitrogen and oxygen atoms in total. The van der Waals surface area contributed by atoms with Crippen molar-refractivity contribution in [2.24, 2.45) is 0 Å². The molecule has 1 aromatic rings. The summed E-state index contributed by atoms with van der Waals surface area (Å²) in [4.78, 5) is 0. The van der Waals surface area contributed by atoms with Crippen molar-refractivity contribution in [3.8, 4) is 5.75 Å². The summed E-state index contributed by atoms with van der Waals surface area (Å²) in [6, 6.07) is 8.06. The molecule has 0 unspecified atom stereocenters. The molecule has 1 heteroatoms. The van der Waals surface area contributed by atoms with Gasteiger partial charge in [0.25, 0.3) is 0 Å². The van der Waals surface area contributed by atoms with Crippen LogP contribution in [0.15, 0.2) is 42.5 Å². The normalized spacial score (nSPS) is 11.3. The van der Waals surface area contributed by atoms with Gasteiger partial charge >= 0.3 is 0 Å². The first kappa shape index (κ1) is 11.6. The Hall–Kier alpha value is -1.50. The maximum atomic E-state index is 5.09. The molecule has 0 atom stereocenters. The third-order valence-corrected chi connectivity index (χ3v) is 2.10. The van der Waals surface area contributed by atoms with Crippen molar-refractivity contribution in [1.29, 1.82) is 0 Å². The summed E-state index contributed by atoms with van der Waals surface area (Å²) in [7, 11) is 1.68. The second kappa shape index (κ2) is 6.88. The molecule has 0 aromatic heterocycles. The highest BCUT2D eigenvalue weighted by atomic mass is 16.5. The Kier molecular flexibility index (Phi) is 5.31. The van der Waals surface area contributed by atoms with Gasteiger partial charge in [-0.2, -0.15) is 0 Å². The van der Waals surface area contributed by atoms with Crippen molar-refractivity contribution < 1.29 is 4.74 Å². The van der Waals surface area contributed by atoms with E-state index in [9.17, 15) is 0 Å². The molecule has 0 spiro atoms. The van der Waals surface area contributed by atoms with E-state index in [0.717, 1.165) is 18.6 Å². The van der Waals surface area contributed by atoms with Crippen LogP contribution in [-0.2, 0) is 0 Å². The van der Waals surface area contributed by atoms with Gasteiger partial charge in [-0.25, -0.2) is 0 Å². The number of allylic oxidation sites excluding steroid dienone is 3. The van der Waals surface area contributed by atoms with Gasteiger partial charge in [-0.1, -0.05) is 43.4 Å². The monoisotopic (exact) mass is 202 g/mol. The Morgan fingerprint density at radius 3 is 2.40 bits per heavy atom. The smallest absolute Gasteiger partial charge is 0.118 e. The fourth-order valence-electron chi connectivity index (χ4n) is 1.26. The summed E-state index contributed by atoms with van der Waals surface area (Å²) < 4.78 is 5.09. The van der Waals surface area contributed by atoms with Crippen molar-refractivity contribution in [2.75, 3.05) is 7.11 Å². The van der Waals surface area contributed by atoms with Gasteiger partial charge in [0.1, 0.15) is 5.75 Å². The second-order valence-corrected chi connectivity index (χ2v) is 3.29. The van der Waals surface area contributed by atoms with Crippen molar-refractivity contribution in [2.45, 2.75) is 19.8 Å². The number of ether oxygens (including phenoxy) is 1. The zero-order valence-electron chi connectivity index (χ0n) is 9.44. The zero-order chi connectivity index (χ0) is 10.9. The van der Waals surface area contributed by atoms with Crippen molar-refractivity contribution in [1.82, 2.24) is 0 Å². The first-order chi connectivity index (χ1) is 7.36. The molecular weight excluding hydrogens is 184 g/mol. The van der Waals surface area contributed by atoms with Crippen LogP contribution in [0.2, 0.25) is 0 Å². The summed E-state index contributed by atoms with van der Waals surface area (Å²) >= 11 is 0. The van der Waals surface area contributed by atoms with E-state index in [4.69, 9.17) is 4.74 Å². The van der Waals surface area contributed by atoms with E-state index in [1.165, 1.54) is 5.56 Å². The van der Waals surface area contributed by atoms with Gasteiger partial charge in [0.05, 0.1) is 7.11 Å². The van der Waals surface area contributed by atoms with E-state index >= 15 is 0 Å². The van der Waals surface area contributed by atoms with Crippen LogP contribution in [0.3, 0.4) is 0 Å². The van der Waals surface area contributed by atoms with E-state index < -0.39 is 0 Å². The number of hydrogen-bond acceptors (Lipinski definition) is 1. The molecule has 0 fully saturated rings. The first-order valence-electron chi connectivity index (χ1n) is 5.32. The highest BCUT2D eigenvalue weighted by molar-refractivity contribution is 5.50. The highest BCUT2D eigenvalue weighted by Gasteiger charge is 1.88. The molecule has 80 valence electrons. The number of rotatable bonds is 5. The summed E-state index contributed by atoms with van der Waals surface area (Å²) in [5.74, 6) is 0.901. The molecule has 0 aliphatic heterocycles. The summed E-state index contributed by atoms with van der Waals surface area (Å²) in [6.45, 7) is 2.14. The van der Waals surface area contributed by atoms with Gasteiger partial charge in [-0.3, -0.25) is 0 Å². The standard InChI is InChI=1S/C14H18O/c1-3-4-5-6-7-8-13-9-11-14(15-2)12-10-13/h4-5,7-12H,3,6H2,1-2H3/b5-4-,8-7?. The average Bonchev–Trinajstić information content (AvgIpc) is 2.30. The fourth-order valence-corrected chi connectivity index (χ4v) is 1.26. The Labute approximate surface area is 92.1 Å². The largest absolute Gasteiger partial charge is 0.497 e. The van der Waals surface area contributed by atoms with E-state index in [1.807, 2.05) is 12.1 Å². The molecular formula is C14H18O. The van der Waals surface area contributed by atoms with Gasteiger partial charge < -0.3 is 4.74 Å². The minimum Gasteiger partial charge on any atom is -0.497 e. The van der Waals surface area contributed by atoms with Gasteiger partial charge in [0.2, 0.25) is 0 Å². The molecule has 0 heterocycles. The molecule has 0 saturated heterocycles. The molecule has 0 amide bonds. The second-order valence-electron chi connectivity index (χ2n) is 3.29. The lowest BCUT2D eigenvalue weighted by Gasteiger charge is -1.98. The molecule has 0 radical (unpaired) electrons. The predicted molar refractivity (Wildman–Crippen MR) is 66.1 cm³/mol. The quantitative estimate of drug-likeness (QED) is 0.654. The van der Waals surface area contributed by atoms with E-state index in [2.05, 4.69) is 43.4 Å². The average molecular weight is 202 g/mol. The summed E-state index contributed by atoms with van der Waals surface area (Å²) in [6.07, 6.45) is 10.8. The lowest BCUT2D eigenvalue weighted by atomic mass is 10.2. The lowest BCUT2D eigenvalue weighted by Crippen LogP contribution is -1.81. The van der Waals surface area contributed by atoms with Crippen molar-refractivity contribution in [3.05, 3.63) is 48.1 Å². The van der Waals surface area contributed by atoms with Crippen molar-refractivity contribution >= 4 is 6.08 Å². The Balaban J connectivity index is 2.46. The van der Waals surface area contributed by atoms with Crippen LogP contribution in [0.5, 0.6) is 5.75 Å². The van der Waals surface area contributed by atoms with E-state index in [0.29, 0.717) is 0 Å². The van der Waals surface area contributed by atoms with Gasteiger partial charge in [-0.05, 0) is 30.5 Å². The van der Waals surface area contributed by atoms with Crippen LogP contribution in [-0.4, -0.2) is 7.11 Å². The molecule has 0 saturated carbocycles. The van der Waals surface area contributed by atoms with Crippen LogP contribution in [0, 0.1) is 0 Å². The molecule has 0 bridgehead atoms. The Morgan fingerprint density at radius 2 is 1.80 bits per heavy atom. The predicted octanol–water partition coefficient (Wildman–Crippen LogP) is 4.06. The fraction of sp³-hybridized carbons (Fsp3) is 0.286. The maximum Gasteiger partial charge on any atom is 0.118 e. The van der Waals surface area contributed by atoms with Crippen LogP contribution in [0.25, 0.3) is 6.08 Å².